The van der Waals surface area contributed by atoms with Gasteiger partial charge in [-0.15, -0.1) is 0 Å². The Bertz CT molecular complexity index is 757. The third-order valence-electron chi connectivity index (χ3n) is 5.73. The van der Waals surface area contributed by atoms with Crippen molar-refractivity contribution in [3.05, 3.63) is 29.8 Å². The molecule has 28 heavy (non-hydrogen) atoms. The van der Waals surface area contributed by atoms with Gasteiger partial charge in [-0.2, -0.15) is 4.31 Å². The molecule has 156 valence electrons. The smallest absolute Gasteiger partial charge is 0.243 e. The monoisotopic (exact) mass is 407 g/mol. The van der Waals surface area contributed by atoms with Crippen molar-refractivity contribution in [1.29, 1.82) is 0 Å². The molecule has 3 N–H and O–H groups in total. The number of hydrogen-bond donors (Lipinski definition) is 2. The minimum atomic E-state index is -3.38. The highest BCUT2D eigenvalue weighted by Crippen LogP contribution is 2.21. The third kappa shape index (κ3) is 5.24. The van der Waals surface area contributed by atoms with Gasteiger partial charge in [-0.3, -0.25) is 4.90 Å². The summed E-state index contributed by atoms with van der Waals surface area (Å²) in [4.78, 5) is 7.21. The van der Waals surface area contributed by atoms with Crippen molar-refractivity contribution in [2.45, 2.75) is 56.5 Å². The number of nitrogens with zero attached hydrogens (tertiary/aromatic N) is 3. The standard InChI is InChI=1S/C20H33N5O2S/c1-2-24-12-6-7-18(24)16-23-20(21)22-15-17-8-10-19(11-9-17)28(26,27)25-13-4-3-5-14-25/h8-11,18H,2-7,12-16H2,1H3,(H3,21,22,23). The minimum Gasteiger partial charge on any atom is -0.370 e. The molecule has 2 heterocycles. The van der Waals surface area contributed by atoms with Gasteiger partial charge in [0.15, 0.2) is 5.96 Å². The summed E-state index contributed by atoms with van der Waals surface area (Å²) < 4.78 is 27.0. The van der Waals surface area contributed by atoms with Crippen molar-refractivity contribution < 1.29 is 8.42 Å². The molecule has 7 nitrogen and oxygen atoms in total. The summed E-state index contributed by atoms with van der Waals surface area (Å²) in [5, 5.41) is 3.22. The minimum absolute atomic E-state index is 0.356. The molecule has 8 heteroatoms. The fourth-order valence-electron chi connectivity index (χ4n) is 4.02. The Morgan fingerprint density at radius 2 is 1.86 bits per heavy atom. The van der Waals surface area contributed by atoms with E-state index in [1.54, 1.807) is 16.4 Å². The van der Waals surface area contributed by atoms with Crippen molar-refractivity contribution in [2.75, 3.05) is 32.7 Å². The summed E-state index contributed by atoms with van der Waals surface area (Å²) in [6.07, 6.45) is 5.42. The van der Waals surface area contributed by atoms with E-state index in [4.69, 9.17) is 5.73 Å². The molecule has 1 atom stereocenters. The second kappa shape index (κ2) is 9.71. The van der Waals surface area contributed by atoms with Crippen LogP contribution in [0.2, 0.25) is 0 Å². The van der Waals surface area contributed by atoms with Gasteiger partial charge in [-0.05, 0) is 56.5 Å². The number of aliphatic imine (C=N–C) groups is 1. The molecule has 1 unspecified atom stereocenters. The predicted molar refractivity (Wildman–Crippen MR) is 113 cm³/mol. The van der Waals surface area contributed by atoms with Crippen LogP contribution in [0.25, 0.3) is 0 Å². The molecule has 2 aliphatic rings. The average molecular weight is 408 g/mol. The molecule has 0 aromatic heterocycles. The first-order valence-corrected chi connectivity index (χ1v) is 11.8. The Kier molecular flexibility index (Phi) is 7.31. The summed E-state index contributed by atoms with van der Waals surface area (Å²) in [6.45, 7) is 6.90. The van der Waals surface area contributed by atoms with E-state index in [0.29, 0.717) is 36.5 Å². The van der Waals surface area contributed by atoms with Crippen molar-refractivity contribution in [3.63, 3.8) is 0 Å². The van der Waals surface area contributed by atoms with E-state index in [1.807, 2.05) is 12.1 Å². The fourth-order valence-corrected chi connectivity index (χ4v) is 5.54. The van der Waals surface area contributed by atoms with Crippen molar-refractivity contribution in [1.82, 2.24) is 14.5 Å². The molecule has 1 aromatic rings. The van der Waals surface area contributed by atoms with E-state index in [1.165, 1.54) is 12.8 Å². The molecule has 0 aliphatic carbocycles. The van der Waals surface area contributed by atoms with Crippen LogP contribution in [0, 0.1) is 0 Å². The van der Waals surface area contributed by atoms with Crippen LogP contribution in [-0.4, -0.2) is 62.3 Å². The van der Waals surface area contributed by atoms with Crippen molar-refractivity contribution >= 4 is 16.0 Å². The molecule has 0 saturated carbocycles. The Labute approximate surface area is 169 Å². The summed E-state index contributed by atoms with van der Waals surface area (Å²) in [7, 11) is -3.38. The van der Waals surface area contributed by atoms with Crippen LogP contribution in [0.3, 0.4) is 0 Å². The van der Waals surface area contributed by atoms with Gasteiger partial charge in [-0.25, -0.2) is 13.4 Å². The second-order valence-electron chi connectivity index (χ2n) is 7.62. The lowest BCUT2D eigenvalue weighted by Crippen LogP contribution is -2.42. The third-order valence-corrected chi connectivity index (χ3v) is 7.65. The van der Waals surface area contributed by atoms with E-state index < -0.39 is 10.0 Å². The van der Waals surface area contributed by atoms with E-state index in [9.17, 15) is 8.42 Å². The summed E-state index contributed by atoms with van der Waals surface area (Å²) in [6, 6.07) is 7.52. The SMILES string of the molecule is CCN1CCCC1CNC(N)=NCc1ccc(S(=O)(=O)N2CCCCC2)cc1. The first-order chi connectivity index (χ1) is 13.5. The Morgan fingerprint density at radius 1 is 1.14 bits per heavy atom. The lowest BCUT2D eigenvalue weighted by atomic mass is 10.2. The molecule has 0 bridgehead atoms. The zero-order valence-electron chi connectivity index (χ0n) is 16.8. The number of likely N-dealkylation sites (N-methyl/N-ethyl adjacent to an activating group) is 1. The van der Waals surface area contributed by atoms with E-state index in [-0.39, 0.29) is 0 Å². The van der Waals surface area contributed by atoms with E-state index in [0.717, 1.165) is 44.5 Å². The Balaban J connectivity index is 1.52. The second-order valence-corrected chi connectivity index (χ2v) is 9.55. The lowest BCUT2D eigenvalue weighted by Gasteiger charge is -2.25. The number of guanidine groups is 1. The molecule has 0 radical (unpaired) electrons. The van der Waals surface area contributed by atoms with Gasteiger partial charge in [-0.1, -0.05) is 25.5 Å². The molecular formula is C20H33N5O2S. The molecule has 2 fully saturated rings. The molecular weight excluding hydrogens is 374 g/mol. The predicted octanol–water partition coefficient (Wildman–Crippen LogP) is 1.75. The normalized spacial score (nSPS) is 22.5. The molecule has 3 rings (SSSR count). The number of sulfonamides is 1. The molecule has 0 amide bonds. The van der Waals surface area contributed by atoms with Crippen LogP contribution in [0.15, 0.2) is 34.2 Å². The Hall–Kier alpha value is -1.64. The van der Waals surface area contributed by atoms with Crippen LogP contribution in [0.5, 0.6) is 0 Å². The highest BCUT2D eigenvalue weighted by atomic mass is 32.2. The maximum absolute atomic E-state index is 12.7. The lowest BCUT2D eigenvalue weighted by molar-refractivity contribution is 0.267. The number of likely N-dealkylation sites (tertiary alicyclic amines) is 1. The first-order valence-electron chi connectivity index (χ1n) is 10.4. The van der Waals surface area contributed by atoms with Crippen LogP contribution in [-0.2, 0) is 16.6 Å². The van der Waals surface area contributed by atoms with Crippen LogP contribution < -0.4 is 11.1 Å². The number of benzene rings is 1. The van der Waals surface area contributed by atoms with E-state index in [2.05, 4.69) is 22.1 Å². The zero-order chi connectivity index (χ0) is 20.0. The molecule has 1 aromatic carbocycles. The van der Waals surface area contributed by atoms with Gasteiger partial charge in [0.25, 0.3) is 0 Å². The van der Waals surface area contributed by atoms with Crippen LogP contribution in [0.4, 0.5) is 0 Å². The summed E-state index contributed by atoms with van der Waals surface area (Å²) in [5.74, 6) is 0.438. The van der Waals surface area contributed by atoms with Gasteiger partial charge in [0, 0.05) is 25.7 Å². The highest BCUT2D eigenvalue weighted by Gasteiger charge is 2.25. The highest BCUT2D eigenvalue weighted by molar-refractivity contribution is 7.89. The zero-order valence-corrected chi connectivity index (χ0v) is 17.6. The maximum Gasteiger partial charge on any atom is 0.243 e. The summed E-state index contributed by atoms with van der Waals surface area (Å²) >= 11 is 0. The van der Waals surface area contributed by atoms with Crippen LogP contribution in [0.1, 0.15) is 44.6 Å². The van der Waals surface area contributed by atoms with Gasteiger partial charge in [0.05, 0.1) is 11.4 Å². The Morgan fingerprint density at radius 3 is 2.54 bits per heavy atom. The first kappa shape index (κ1) is 21.1. The molecule has 0 spiro atoms. The maximum atomic E-state index is 12.7. The topological polar surface area (TPSA) is 91.0 Å². The number of rotatable bonds is 7. The van der Waals surface area contributed by atoms with Crippen LogP contribution >= 0.6 is 0 Å². The van der Waals surface area contributed by atoms with Gasteiger partial charge in [0.2, 0.25) is 10.0 Å². The number of nitrogens with two attached hydrogens (primary N) is 1. The molecule has 2 aliphatic heterocycles. The number of hydrogen-bond acceptors (Lipinski definition) is 4. The number of piperidine rings is 1. The average Bonchev–Trinajstić information content (AvgIpc) is 3.19. The largest absolute Gasteiger partial charge is 0.370 e. The van der Waals surface area contributed by atoms with Gasteiger partial charge >= 0.3 is 0 Å². The molecule has 2 saturated heterocycles. The summed E-state index contributed by atoms with van der Waals surface area (Å²) in [5.41, 5.74) is 6.94. The van der Waals surface area contributed by atoms with Gasteiger partial charge < -0.3 is 11.1 Å². The number of nitrogens with one attached hydrogen (secondary N) is 1. The van der Waals surface area contributed by atoms with Gasteiger partial charge in [0.1, 0.15) is 0 Å². The quantitative estimate of drug-likeness (QED) is 0.531. The van der Waals surface area contributed by atoms with Crippen molar-refractivity contribution in [2.24, 2.45) is 10.7 Å². The fraction of sp³-hybridized carbons (Fsp3) is 0.650. The van der Waals surface area contributed by atoms with Crippen molar-refractivity contribution in [3.8, 4) is 0 Å². The van der Waals surface area contributed by atoms with E-state index >= 15 is 0 Å².